The molecular formula is C20H23NO. The van der Waals surface area contributed by atoms with Gasteiger partial charge in [0.2, 0.25) is 5.91 Å². The standard InChI is InChI=1S/C20H23NO/c1-21(19-9-5-6-10-19)20(22)15-16-11-13-18(14-12-16)17-7-3-2-4-8-17/h2-4,7-8,11-14,19H,5-6,9-10,15H2,1H3. The van der Waals surface area contributed by atoms with E-state index in [-0.39, 0.29) is 5.91 Å². The molecule has 0 saturated heterocycles. The molecule has 2 aromatic carbocycles. The molecule has 1 saturated carbocycles. The smallest absolute Gasteiger partial charge is 0.226 e. The molecule has 1 aliphatic carbocycles. The number of amides is 1. The van der Waals surface area contributed by atoms with E-state index in [0.29, 0.717) is 12.5 Å². The van der Waals surface area contributed by atoms with Crippen LogP contribution in [0.5, 0.6) is 0 Å². The monoisotopic (exact) mass is 293 g/mol. The van der Waals surface area contributed by atoms with Crippen molar-refractivity contribution in [2.24, 2.45) is 0 Å². The SMILES string of the molecule is CN(C(=O)Cc1ccc(-c2ccccc2)cc1)C1CCCC1. The second-order valence-corrected chi connectivity index (χ2v) is 6.18. The lowest BCUT2D eigenvalue weighted by Crippen LogP contribution is -2.36. The first kappa shape index (κ1) is 14.8. The Morgan fingerprint density at radius 3 is 2.18 bits per heavy atom. The van der Waals surface area contributed by atoms with Gasteiger partial charge in [-0.2, -0.15) is 0 Å². The van der Waals surface area contributed by atoms with Crippen molar-refractivity contribution >= 4 is 5.91 Å². The first-order valence-electron chi connectivity index (χ1n) is 8.14. The summed E-state index contributed by atoms with van der Waals surface area (Å²) in [5.41, 5.74) is 3.50. The maximum absolute atomic E-state index is 12.4. The van der Waals surface area contributed by atoms with Crippen molar-refractivity contribution in [2.45, 2.75) is 38.1 Å². The van der Waals surface area contributed by atoms with Crippen molar-refractivity contribution in [1.82, 2.24) is 4.90 Å². The molecule has 2 nitrogen and oxygen atoms in total. The van der Waals surface area contributed by atoms with Crippen LogP contribution in [0.1, 0.15) is 31.2 Å². The van der Waals surface area contributed by atoms with Gasteiger partial charge in [-0.3, -0.25) is 4.79 Å². The number of rotatable bonds is 4. The Bertz CT molecular complexity index is 612. The first-order chi connectivity index (χ1) is 10.7. The third-order valence-electron chi connectivity index (χ3n) is 4.68. The van der Waals surface area contributed by atoms with Gasteiger partial charge in [-0.1, -0.05) is 67.4 Å². The molecule has 0 unspecified atom stereocenters. The highest BCUT2D eigenvalue weighted by Crippen LogP contribution is 2.23. The predicted octanol–water partition coefficient (Wildman–Crippen LogP) is 4.30. The molecule has 0 aliphatic heterocycles. The molecule has 114 valence electrons. The molecule has 0 spiro atoms. The molecule has 0 aromatic heterocycles. The van der Waals surface area contributed by atoms with Crippen LogP contribution in [0.3, 0.4) is 0 Å². The first-order valence-corrected chi connectivity index (χ1v) is 8.14. The second kappa shape index (κ2) is 6.78. The number of nitrogens with zero attached hydrogens (tertiary/aromatic N) is 1. The van der Waals surface area contributed by atoms with Gasteiger partial charge in [-0.05, 0) is 29.5 Å². The molecule has 0 bridgehead atoms. The summed E-state index contributed by atoms with van der Waals surface area (Å²) in [6.45, 7) is 0. The van der Waals surface area contributed by atoms with Crippen LogP contribution in [0.2, 0.25) is 0 Å². The zero-order valence-corrected chi connectivity index (χ0v) is 13.2. The molecular weight excluding hydrogens is 270 g/mol. The predicted molar refractivity (Wildman–Crippen MR) is 90.6 cm³/mol. The Morgan fingerprint density at radius 1 is 0.955 bits per heavy atom. The molecule has 3 rings (SSSR count). The zero-order chi connectivity index (χ0) is 15.4. The fraction of sp³-hybridized carbons (Fsp3) is 0.350. The molecule has 0 radical (unpaired) electrons. The summed E-state index contributed by atoms with van der Waals surface area (Å²) < 4.78 is 0. The quantitative estimate of drug-likeness (QED) is 0.823. The maximum atomic E-state index is 12.4. The van der Waals surface area contributed by atoms with Crippen LogP contribution in [0.4, 0.5) is 0 Å². The van der Waals surface area contributed by atoms with Crippen LogP contribution < -0.4 is 0 Å². The normalized spacial score (nSPS) is 15.0. The van der Waals surface area contributed by atoms with Crippen LogP contribution in [-0.2, 0) is 11.2 Å². The van der Waals surface area contributed by atoms with Crippen LogP contribution >= 0.6 is 0 Å². The lowest BCUT2D eigenvalue weighted by Gasteiger charge is -2.24. The van der Waals surface area contributed by atoms with Gasteiger partial charge in [0.05, 0.1) is 6.42 Å². The van der Waals surface area contributed by atoms with E-state index in [9.17, 15) is 4.79 Å². The van der Waals surface area contributed by atoms with E-state index in [0.717, 1.165) is 18.4 Å². The van der Waals surface area contributed by atoms with Gasteiger partial charge in [0.15, 0.2) is 0 Å². The van der Waals surface area contributed by atoms with Crippen molar-refractivity contribution in [2.75, 3.05) is 7.05 Å². The Labute approximate surface area is 132 Å². The van der Waals surface area contributed by atoms with Crippen molar-refractivity contribution in [3.8, 4) is 11.1 Å². The molecule has 1 amide bonds. The van der Waals surface area contributed by atoms with E-state index in [4.69, 9.17) is 0 Å². The molecule has 22 heavy (non-hydrogen) atoms. The van der Waals surface area contributed by atoms with E-state index < -0.39 is 0 Å². The third kappa shape index (κ3) is 3.38. The molecule has 1 fully saturated rings. The summed E-state index contributed by atoms with van der Waals surface area (Å²) in [7, 11) is 1.96. The van der Waals surface area contributed by atoms with Gasteiger partial charge in [0.1, 0.15) is 0 Å². The number of likely N-dealkylation sites (N-methyl/N-ethyl adjacent to an activating group) is 1. The summed E-state index contributed by atoms with van der Waals surface area (Å²) in [6.07, 6.45) is 5.34. The van der Waals surface area contributed by atoms with Gasteiger partial charge in [-0.25, -0.2) is 0 Å². The highest BCUT2D eigenvalue weighted by atomic mass is 16.2. The lowest BCUT2D eigenvalue weighted by molar-refractivity contribution is -0.131. The highest BCUT2D eigenvalue weighted by molar-refractivity contribution is 5.79. The summed E-state index contributed by atoms with van der Waals surface area (Å²) in [5, 5.41) is 0. The highest BCUT2D eigenvalue weighted by Gasteiger charge is 2.23. The molecule has 0 N–H and O–H groups in total. The van der Waals surface area contributed by atoms with Crippen LogP contribution in [0, 0.1) is 0 Å². The lowest BCUT2D eigenvalue weighted by atomic mass is 10.0. The van der Waals surface area contributed by atoms with E-state index in [1.807, 2.05) is 30.1 Å². The third-order valence-corrected chi connectivity index (χ3v) is 4.68. The minimum atomic E-state index is 0.236. The molecule has 0 atom stereocenters. The Hall–Kier alpha value is -2.09. The van der Waals surface area contributed by atoms with Gasteiger partial charge in [0.25, 0.3) is 0 Å². The van der Waals surface area contributed by atoms with E-state index >= 15 is 0 Å². The van der Waals surface area contributed by atoms with Crippen LogP contribution in [-0.4, -0.2) is 23.9 Å². The number of carbonyl (C=O) groups excluding carboxylic acids is 1. The van der Waals surface area contributed by atoms with Crippen LogP contribution in [0.15, 0.2) is 54.6 Å². The van der Waals surface area contributed by atoms with E-state index in [1.165, 1.54) is 24.0 Å². The minimum absolute atomic E-state index is 0.236. The van der Waals surface area contributed by atoms with E-state index in [2.05, 4.69) is 36.4 Å². The number of hydrogen-bond donors (Lipinski definition) is 0. The topological polar surface area (TPSA) is 20.3 Å². The summed E-state index contributed by atoms with van der Waals surface area (Å²) in [4.78, 5) is 14.3. The number of benzene rings is 2. The summed E-state index contributed by atoms with van der Waals surface area (Å²) in [6, 6.07) is 19.1. The van der Waals surface area contributed by atoms with Crippen molar-refractivity contribution in [3.05, 3.63) is 60.2 Å². The van der Waals surface area contributed by atoms with E-state index in [1.54, 1.807) is 0 Å². The minimum Gasteiger partial charge on any atom is -0.342 e. The zero-order valence-electron chi connectivity index (χ0n) is 13.2. The van der Waals surface area contributed by atoms with Gasteiger partial charge < -0.3 is 4.90 Å². The van der Waals surface area contributed by atoms with Gasteiger partial charge in [0, 0.05) is 13.1 Å². The Kier molecular flexibility index (Phi) is 4.57. The molecule has 0 heterocycles. The maximum Gasteiger partial charge on any atom is 0.226 e. The van der Waals surface area contributed by atoms with Crippen molar-refractivity contribution < 1.29 is 4.79 Å². The van der Waals surface area contributed by atoms with Crippen molar-refractivity contribution in [1.29, 1.82) is 0 Å². The van der Waals surface area contributed by atoms with Gasteiger partial charge >= 0.3 is 0 Å². The Balaban J connectivity index is 1.64. The summed E-state index contributed by atoms with van der Waals surface area (Å²) in [5.74, 6) is 0.236. The molecule has 2 heteroatoms. The molecule has 1 aliphatic rings. The van der Waals surface area contributed by atoms with Crippen molar-refractivity contribution in [3.63, 3.8) is 0 Å². The van der Waals surface area contributed by atoms with Crippen LogP contribution in [0.25, 0.3) is 11.1 Å². The fourth-order valence-corrected chi connectivity index (χ4v) is 3.24. The summed E-state index contributed by atoms with van der Waals surface area (Å²) >= 11 is 0. The Morgan fingerprint density at radius 2 is 1.55 bits per heavy atom. The average Bonchev–Trinajstić information content (AvgIpc) is 3.10. The average molecular weight is 293 g/mol. The fourth-order valence-electron chi connectivity index (χ4n) is 3.24. The molecule has 2 aromatic rings. The second-order valence-electron chi connectivity index (χ2n) is 6.18. The largest absolute Gasteiger partial charge is 0.342 e. The number of hydrogen-bond acceptors (Lipinski definition) is 1. The van der Waals surface area contributed by atoms with Gasteiger partial charge in [-0.15, -0.1) is 0 Å². The number of carbonyl (C=O) groups is 1.